The van der Waals surface area contributed by atoms with Gasteiger partial charge in [0.1, 0.15) is 18.1 Å². The zero-order valence-electron chi connectivity index (χ0n) is 20.9. The number of rotatable bonds is 8. The molecule has 0 radical (unpaired) electrons. The lowest BCUT2D eigenvalue weighted by Crippen LogP contribution is -2.39. The molecule has 1 aliphatic rings. The van der Waals surface area contributed by atoms with Crippen LogP contribution in [0.25, 0.3) is 0 Å². The van der Waals surface area contributed by atoms with Crippen molar-refractivity contribution >= 4 is 34.8 Å². The van der Waals surface area contributed by atoms with E-state index in [1.165, 1.54) is 11.3 Å². The lowest BCUT2D eigenvalue weighted by molar-refractivity contribution is -0.131. The van der Waals surface area contributed by atoms with Gasteiger partial charge in [-0.3, -0.25) is 9.59 Å². The van der Waals surface area contributed by atoms with E-state index in [9.17, 15) is 9.59 Å². The highest BCUT2D eigenvalue weighted by molar-refractivity contribution is 7.09. The molecule has 1 unspecified atom stereocenters. The Morgan fingerprint density at radius 3 is 2.53 bits per heavy atom. The monoisotopic (exact) mass is 525 g/mol. The minimum Gasteiger partial charge on any atom is -0.491 e. The molecule has 1 fully saturated rings. The van der Waals surface area contributed by atoms with Crippen LogP contribution in [0.3, 0.4) is 0 Å². The number of ether oxygens (including phenoxy) is 1. The van der Waals surface area contributed by atoms with Crippen molar-refractivity contribution in [3.63, 3.8) is 0 Å². The Labute approximate surface area is 221 Å². The van der Waals surface area contributed by atoms with Crippen molar-refractivity contribution in [2.45, 2.75) is 52.0 Å². The Kier molecular flexibility index (Phi) is 8.64. The second kappa shape index (κ2) is 11.9. The predicted molar refractivity (Wildman–Crippen MR) is 144 cm³/mol. The van der Waals surface area contributed by atoms with Gasteiger partial charge in [-0.25, -0.2) is 4.98 Å². The molecule has 1 saturated heterocycles. The summed E-state index contributed by atoms with van der Waals surface area (Å²) in [5.74, 6) is 1.03. The van der Waals surface area contributed by atoms with Gasteiger partial charge in [0.15, 0.2) is 0 Å². The maximum Gasteiger partial charge on any atom is 0.271 e. The number of halogens is 1. The first kappa shape index (κ1) is 26.2. The molecule has 4 rings (SSSR count). The van der Waals surface area contributed by atoms with Crippen LogP contribution in [-0.4, -0.2) is 47.4 Å². The number of likely N-dealkylation sites (tertiary alicyclic amines) is 1. The highest BCUT2D eigenvalue weighted by Gasteiger charge is 2.27. The van der Waals surface area contributed by atoms with Crippen LogP contribution in [0.1, 0.15) is 57.9 Å². The molecule has 2 heterocycles. The number of aromatic nitrogens is 1. The first-order valence-corrected chi connectivity index (χ1v) is 13.5. The van der Waals surface area contributed by atoms with Crippen molar-refractivity contribution < 1.29 is 14.3 Å². The molecular weight excluding hydrogens is 494 g/mol. The molecule has 1 aromatic heterocycles. The van der Waals surface area contributed by atoms with Gasteiger partial charge in [-0.2, -0.15) is 0 Å². The first-order valence-electron chi connectivity index (χ1n) is 12.3. The van der Waals surface area contributed by atoms with Gasteiger partial charge in [0.05, 0.1) is 17.5 Å². The van der Waals surface area contributed by atoms with E-state index in [1.807, 2.05) is 73.5 Å². The van der Waals surface area contributed by atoms with Gasteiger partial charge in [0.25, 0.3) is 5.91 Å². The third kappa shape index (κ3) is 6.45. The van der Waals surface area contributed by atoms with Gasteiger partial charge in [0.2, 0.25) is 5.91 Å². The number of hydrogen-bond acceptors (Lipinski definition) is 5. The minimum atomic E-state index is -0.192. The quantitative estimate of drug-likeness (QED) is 0.418. The molecule has 190 valence electrons. The molecule has 36 heavy (non-hydrogen) atoms. The third-order valence-electron chi connectivity index (χ3n) is 6.51. The van der Waals surface area contributed by atoms with E-state index < -0.39 is 0 Å². The summed E-state index contributed by atoms with van der Waals surface area (Å²) in [4.78, 5) is 32.0. The Bertz CT molecular complexity index is 1200. The van der Waals surface area contributed by atoms with Gasteiger partial charge < -0.3 is 15.0 Å². The summed E-state index contributed by atoms with van der Waals surface area (Å²) in [7, 11) is 0. The summed E-state index contributed by atoms with van der Waals surface area (Å²) in [5, 5.41) is 6.39. The summed E-state index contributed by atoms with van der Waals surface area (Å²) >= 11 is 7.73. The molecule has 1 atom stereocenters. The second-order valence-corrected chi connectivity index (χ2v) is 10.7. The molecule has 2 aromatic carbocycles. The van der Waals surface area contributed by atoms with Crippen molar-refractivity contribution in [2.24, 2.45) is 0 Å². The summed E-state index contributed by atoms with van der Waals surface area (Å²) in [6.07, 6.45) is 1.99. The van der Waals surface area contributed by atoms with Gasteiger partial charge in [0, 0.05) is 29.4 Å². The normalized spacial score (nSPS) is 14.9. The maximum atomic E-state index is 12.8. The van der Waals surface area contributed by atoms with Gasteiger partial charge >= 0.3 is 0 Å². The summed E-state index contributed by atoms with van der Waals surface area (Å²) in [5.41, 5.74) is 3.45. The van der Waals surface area contributed by atoms with Gasteiger partial charge in [-0.05, 0) is 56.4 Å². The molecular formula is C28H32ClN3O3S. The molecule has 0 bridgehead atoms. The summed E-state index contributed by atoms with van der Waals surface area (Å²) in [6.45, 7) is 7.70. The lowest BCUT2D eigenvalue weighted by atomic mass is 9.97. The third-order valence-corrected chi connectivity index (χ3v) is 7.89. The number of carbonyl (C=O) groups excluding carboxylic acids is 2. The van der Waals surface area contributed by atoms with Crippen molar-refractivity contribution in [1.29, 1.82) is 0 Å². The highest BCUT2D eigenvalue weighted by atomic mass is 35.5. The average molecular weight is 526 g/mol. The number of carbonyl (C=O) groups is 2. The molecule has 0 saturated carbocycles. The van der Waals surface area contributed by atoms with Crippen LogP contribution < -0.4 is 10.1 Å². The van der Waals surface area contributed by atoms with Crippen molar-refractivity contribution in [2.75, 3.05) is 19.7 Å². The van der Waals surface area contributed by atoms with Crippen LogP contribution in [0, 0.1) is 13.8 Å². The second-order valence-electron chi connectivity index (χ2n) is 9.40. The molecule has 2 amide bonds. The molecule has 3 aromatic rings. The Morgan fingerprint density at radius 2 is 1.83 bits per heavy atom. The largest absolute Gasteiger partial charge is 0.491 e. The SMILES string of the molecule is Cc1cccc(C)c1OCC(C)NC(=O)c1csc(C2CCN(C(=O)Cc3ccccc3Cl)CC2)n1. The van der Waals surface area contributed by atoms with E-state index in [4.69, 9.17) is 16.3 Å². The Morgan fingerprint density at radius 1 is 1.14 bits per heavy atom. The van der Waals surface area contributed by atoms with Gasteiger partial charge in [-0.15, -0.1) is 11.3 Å². The Balaban J connectivity index is 1.25. The van der Waals surface area contributed by atoms with Crippen LogP contribution in [0.5, 0.6) is 5.75 Å². The number of amides is 2. The number of para-hydroxylation sites is 1. The van der Waals surface area contributed by atoms with Crippen molar-refractivity contribution in [1.82, 2.24) is 15.2 Å². The fourth-order valence-electron chi connectivity index (χ4n) is 4.45. The van der Waals surface area contributed by atoms with E-state index in [0.717, 1.165) is 40.3 Å². The number of thiazole rings is 1. The summed E-state index contributed by atoms with van der Waals surface area (Å²) in [6, 6.07) is 13.3. The van der Waals surface area contributed by atoms with Crippen LogP contribution in [0.15, 0.2) is 47.8 Å². The fraction of sp³-hybridized carbons (Fsp3) is 0.393. The van der Waals surface area contributed by atoms with Crippen LogP contribution >= 0.6 is 22.9 Å². The van der Waals surface area contributed by atoms with Crippen LogP contribution in [-0.2, 0) is 11.2 Å². The first-order chi connectivity index (χ1) is 17.3. The molecule has 0 aliphatic carbocycles. The predicted octanol–water partition coefficient (Wildman–Crippen LogP) is 5.56. The van der Waals surface area contributed by atoms with E-state index >= 15 is 0 Å². The number of piperidine rings is 1. The number of nitrogens with zero attached hydrogens (tertiary/aromatic N) is 2. The maximum absolute atomic E-state index is 12.8. The topological polar surface area (TPSA) is 71.5 Å². The minimum absolute atomic E-state index is 0.0952. The standard InChI is InChI=1S/C28H32ClN3O3S/c1-18-7-6-8-19(2)26(18)35-16-20(3)30-27(34)24-17-36-28(31-24)21-11-13-32(14-12-21)25(33)15-22-9-4-5-10-23(22)29/h4-10,17,20-21H,11-16H2,1-3H3,(H,30,34). The molecule has 1 N–H and O–H groups in total. The number of benzene rings is 2. The molecule has 6 nitrogen and oxygen atoms in total. The van der Waals surface area contributed by atoms with Crippen molar-refractivity contribution in [3.05, 3.63) is 80.3 Å². The zero-order chi connectivity index (χ0) is 25.7. The van der Waals surface area contributed by atoms with Crippen molar-refractivity contribution in [3.8, 4) is 5.75 Å². The number of nitrogens with one attached hydrogen (secondary N) is 1. The zero-order valence-corrected chi connectivity index (χ0v) is 22.5. The van der Waals surface area contributed by atoms with Gasteiger partial charge in [-0.1, -0.05) is 48.0 Å². The number of hydrogen-bond donors (Lipinski definition) is 1. The smallest absolute Gasteiger partial charge is 0.271 e. The summed E-state index contributed by atoms with van der Waals surface area (Å²) < 4.78 is 5.97. The van der Waals surface area contributed by atoms with E-state index in [2.05, 4.69) is 10.3 Å². The molecule has 8 heteroatoms. The van der Waals surface area contributed by atoms with E-state index in [-0.39, 0.29) is 23.8 Å². The van der Waals surface area contributed by atoms with E-state index in [0.29, 0.717) is 36.8 Å². The average Bonchev–Trinajstić information content (AvgIpc) is 3.36. The fourth-order valence-corrected chi connectivity index (χ4v) is 5.62. The Hall–Kier alpha value is -2.90. The van der Waals surface area contributed by atoms with E-state index in [1.54, 1.807) is 0 Å². The molecule has 1 aliphatic heterocycles. The highest BCUT2D eigenvalue weighted by Crippen LogP contribution is 2.31. The molecule has 0 spiro atoms. The number of aryl methyl sites for hydroxylation is 2. The van der Waals surface area contributed by atoms with Crippen LogP contribution in [0.2, 0.25) is 5.02 Å². The lowest BCUT2D eigenvalue weighted by Gasteiger charge is -2.31. The van der Waals surface area contributed by atoms with Crippen LogP contribution in [0.4, 0.5) is 0 Å².